The van der Waals surface area contributed by atoms with Gasteiger partial charge in [-0.1, -0.05) is 6.07 Å². The number of hydrogen-bond acceptors (Lipinski definition) is 5. The smallest absolute Gasteiger partial charge is 0.370 e. The molecule has 5 rings (SSSR count). The van der Waals surface area contributed by atoms with Gasteiger partial charge in [0.25, 0.3) is 0 Å². The summed E-state index contributed by atoms with van der Waals surface area (Å²) in [4.78, 5) is 22.0. The van der Waals surface area contributed by atoms with Gasteiger partial charge in [0.1, 0.15) is 6.07 Å². The van der Waals surface area contributed by atoms with Crippen LogP contribution in [0.1, 0.15) is 36.0 Å². The van der Waals surface area contributed by atoms with E-state index in [2.05, 4.69) is 15.5 Å². The number of likely N-dealkylation sites (tertiary alicyclic amines) is 1. The highest BCUT2D eigenvalue weighted by Gasteiger charge is 2.39. The number of halogens is 3. The topological polar surface area (TPSA) is 89.2 Å². The molecule has 0 bridgehead atoms. The largest absolute Gasteiger partial charge is 0.416 e. The fraction of sp³-hybridized carbons (Fsp3) is 0.414. The normalized spacial score (nSPS) is 19.3. The number of likely N-dealkylation sites (N-methyl/N-ethyl adjacent to an activating group) is 1. The Morgan fingerprint density at radius 3 is 2.48 bits per heavy atom. The van der Waals surface area contributed by atoms with Crippen LogP contribution in [-0.4, -0.2) is 59.8 Å². The zero-order valence-corrected chi connectivity index (χ0v) is 22.5. The van der Waals surface area contributed by atoms with E-state index in [0.29, 0.717) is 31.6 Å². The molecule has 2 fully saturated rings. The average molecular weight is 552 g/mol. The molecule has 0 saturated carbocycles. The van der Waals surface area contributed by atoms with Crippen LogP contribution in [0.2, 0.25) is 0 Å². The van der Waals surface area contributed by atoms with Gasteiger partial charge < -0.3 is 25.0 Å². The number of nitrogens with zero attached hydrogens (tertiary/aromatic N) is 5. The van der Waals surface area contributed by atoms with E-state index in [1.54, 1.807) is 6.20 Å². The number of amides is 2. The van der Waals surface area contributed by atoms with E-state index < -0.39 is 17.3 Å². The molecule has 0 aliphatic carbocycles. The minimum absolute atomic E-state index is 0.0213. The van der Waals surface area contributed by atoms with E-state index in [-0.39, 0.29) is 17.6 Å². The minimum Gasteiger partial charge on any atom is -0.370 e. The van der Waals surface area contributed by atoms with Crippen molar-refractivity contribution in [2.75, 3.05) is 38.1 Å². The summed E-state index contributed by atoms with van der Waals surface area (Å²) in [6.07, 6.45) is 1.07. The third kappa shape index (κ3) is 5.63. The highest BCUT2D eigenvalue weighted by molar-refractivity contribution is 5.76. The molecule has 0 unspecified atom stereocenters. The first-order valence-electron chi connectivity index (χ1n) is 13.3. The van der Waals surface area contributed by atoms with Crippen molar-refractivity contribution in [2.24, 2.45) is 7.05 Å². The van der Waals surface area contributed by atoms with Gasteiger partial charge in [-0.25, -0.2) is 4.79 Å². The van der Waals surface area contributed by atoms with Crippen LogP contribution in [0.15, 0.2) is 54.9 Å². The molecule has 11 heteroatoms. The summed E-state index contributed by atoms with van der Waals surface area (Å²) in [5.41, 5.74) is 1.50. The zero-order chi connectivity index (χ0) is 28.5. The summed E-state index contributed by atoms with van der Waals surface area (Å²) >= 11 is 0. The third-order valence-corrected chi connectivity index (χ3v) is 8.00. The van der Waals surface area contributed by atoms with Gasteiger partial charge in [0.15, 0.2) is 0 Å². The summed E-state index contributed by atoms with van der Waals surface area (Å²) in [5.74, 6) is 0. The molecule has 2 saturated heterocycles. The van der Waals surface area contributed by atoms with Crippen molar-refractivity contribution in [2.45, 2.75) is 37.0 Å². The van der Waals surface area contributed by atoms with Crippen molar-refractivity contribution in [3.63, 3.8) is 0 Å². The Bertz CT molecular complexity index is 1400. The molecule has 3 aromatic rings. The number of alkyl halides is 3. The van der Waals surface area contributed by atoms with Crippen LogP contribution in [0.4, 0.5) is 23.7 Å². The number of carbonyl (C=O) groups is 1. The van der Waals surface area contributed by atoms with Crippen LogP contribution >= 0.6 is 0 Å². The standard InChI is InChI=1S/C29H32F3N7O/c1-37-13-9-23(19-37)35-27(40)36-28(22-5-7-24(34-18-22)26-4-3-12-38(26)2)10-14-39(15-11-28)25-8-6-21(29(30,31)32)16-20(25)17-33/h3-8,12,16,18,23H,9-11,13-15,19H2,1-2H3,(H2,35,36,40)/t23-/m0/s1. The van der Waals surface area contributed by atoms with Crippen molar-refractivity contribution >= 4 is 11.7 Å². The first-order chi connectivity index (χ1) is 19.1. The first kappa shape index (κ1) is 27.5. The van der Waals surface area contributed by atoms with Crippen molar-refractivity contribution < 1.29 is 18.0 Å². The van der Waals surface area contributed by atoms with E-state index in [9.17, 15) is 23.2 Å². The van der Waals surface area contributed by atoms with Crippen LogP contribution in [0.25, 0.3) is 11.4 Å². The van der Waals surface area contributed by atoms with Gasteiger partial charge in [-0.05, 0) is 74.8 Å². The Morgan fingerprint density at radius 2 is 1.90 bits per heavy atom. The summed E-state index contributed by atoms with van der Waals surface area (Å²) in [6, 6.07) is 12.8. The molecule has 8 nitrogen and oxygen atoms in total. The zero-order valence-electron chi connectivity index (χ0n) is 22.5. The van der Waals surface area contributed by atoms with E-state index in [0.717, 1.165) is 48.6 Å². The molecular weight excluding hydrogens is 519 g/mol. The highest BCUT2D eigenvalue weighted by atomic mass is 19.4. The predicted octanol–water partition coefficient (Wildman–Crippen LogP) is 4.48. The fourth-order valence-corrected chi connectivity index (χ4v) is 5.74. The predicted molar refractivity (Wildman–Crippen MR) is 145 cm³/mol. The second kappa shape index (κ2) is 10.8. The number of rotatable bonds is 5. The lowest BCUT2D eigenvalue weighted by Crippen LogP contribution is -2.57. The number of nitrogens with one attached hydrogen (secondary N) is 2. The lowest BCUT2D eigenvalue weighted by atomic mass is 9.81. The lowest BCUT2D eigenvalue weighted by molar-refractivity contribution is -0.137. The molecule has 2 aliphatic rings. The third-order valence-electron chi connectivity index (χ3n) is 8.00. The highest BCUT2D eigenvalue weighted by Crippen LogP contribution is 2.38. The molecule has 4 heterocycles. The van der Waals surface area contributed by atoms with Crippen LogP contribution < -0.4 is 15.5 Å². The van der Waals surface area contributed by atoms with E-state index >= 15 is 0 Å². The van der Waals surface area contributed by atoms with Crippen molar-refractivity contribution in [1.82, 2.24) is 25.1 Å². The SMILES string of the molecule is CN1CC[C@H](NC(=O)NC2(c3ccc(-c4cccn4C)nc3)CCN(c3ccc(C(F)(F)F)cc3C#N)CC2)C1. The quantitative estimate of drug-likeness (QED) is 0.488. The molecule has 2 amide bonds. The number of aromatic nitrogens is 2. The molecule has 0 radical (unpaired) electrons. The summed E-state index contributed by atoms with van der Waals surface area (Å²) in [5, 5.41) is 15.9. The average Bonchev–Trinajstić information content (AvgIpc) is 3.55. The number of aryl methyl sites for hydroxylation is 1. The van der Waals surface area contributed by atoms with Gasteiger partial charge in [-0.15, -0.1) is 0 Å². The molecule has 0 spiro atoms. The van der Waals surface area contributed by atoms with Crippen molar-refractivity contribution in [1.29, 1.82) is 5.26 Å². The Kier molecular flexibility index (Phi) is 7.47. The van der Waals surface area contributed by atoms with Crippen molar-refractivity contribution in [3.8, 4) is 17.5 Å². The first-order valence-corrected chi connectivity index (χ1v) is 13.3. The van der Waals surface area contributed by atoms with Crippen molar-refractivity contribution in [3.05, 3.63) is 71.5 Å². The molecular formula is C29H32F3N7O. The van der Waals surface area contributed by atoms with Crippen LogP contribution in [0.5, 0.6) is 0 Å². The monoisotopic (exact) mass is 551 g/mol. The van der Waals surface area contributed by atoms with Gasteiger partial charge in [-0.2, -0.15) is 18.4 Å². The molecule has 2 aliphatic heterocycles. The van der Waals surface area contributed by atoms with E-state index in [1.807, 2.05) is 60.1 Å². The summed E-state index contributed by atoms with van der Waals surface area (Å²) < 4.78 is 41.6. The Morgan fingerprint density at radius 1 is 1.12 bits per heavy atom. The number of urea groups is 1. The number of nitriles is 1. The number of benzene rings is 1. The number of piperidine rings is 1. The Hall–Kier alpha value is -4.04. The number of pyridine rings is 1. The van der Waals surface area contributed by atoms with Gasteiger partial charge in [0.2, 0.25) is 0 Å². The maximum absolute atomic E-state index is 13.2. The number of anilines is 1. The van der Waals surface area contributed by atoms with Crippen LogP contribution in [-0.2, 0) is 18.8 Å². The molecule has 2 aromatic heterocycles. The summed E-state index contributed by atoms with van der Waals surface area (Å²) in [7, 11) is 3.97. The number of hydrogen-bond donors (Lipinski definition) is 2. The summed E-state index contributed by atoms with van der Waals surface area (Å²) in [6.45, 7) is 2.58. The maximum Gasteiger partial charge on any atom is 0.416 e. The minimum atomic E-state index is -4.52. The molecule has 210 valence electrons. The maximum atomic E-state index is 13.2. The van der Waals surface area contributed by atoms with Crippen LogP contribution in [0, 0.1) is 11.3 Å². The Balaban J connectivity index is 1.39. The molecule has 40 heavy (non-hydrogen) atoms. The molecule has 1 aromatic carbocycles. The second-order valence-corrected chi connectivity index (χ2v) is 10.7. The van der Waals surface area contributed by atoms with Gasteiger partial charge >= 0.3 is 12.2 Å². The lowest BCUT2D eigenvalue weighted by Gasteiger charge is -2.43. The van der Waals surface area contributed by atoms with Gasteiger partial charge in [-0.3, -0.25) is 4.98 Å². The Labute approximate surface area is 231 Å². The fourth-order valence-electron chi connectivity index (χ4n) is 5.74. The van der Waals surface area contributed by atoms with Gasteiger partial charge in [0, 0.05) is 45.1 Å². The molecule has 2 N–H and O–H groups in total. The van der Waals surface area contributed by atoms with Crippen LogP contribution in [0.3, 0.4) is 0 Å². The van der Waals surface area contributed by atoms with Gasteiger partial charge in [0.05, 0.1) is 33.7 Å². The number of carbonyl (C=O) groups excluding carboxylic acids is 1. The second-order valence-electron chi connectivity index (χ2n) is 10.7. The molecule has 1 atom stereocenters. The van der Waals surface area contributed by atoms with E-state index in [4.69, 9.17) is 4.98 Å². The van der Waals surface area contributed by atoms with E-state index in [1.165, 1.54) is 6.07 Å².